The van der Waals surface area contributed by atoms with E-state index in [1.807, 2.05) is 30.5 Å². The van der Waals surface area contributed by atoms with E-state index in [4.69, 9.17) is 6.42 Å². The Labute approximate surface area is 65.6 Å². The van der Waals surface area contributed by atoms with Crippen molar-refractivity contribution in [3.63, 3.8) is 0 Å². The summed E-state index contributed by atoms with van der Waals surface area (Å²) in [4.78, 5) is 1.11. The van der Waals surface area contributed by atoms with Gasteiger partial charge in [-0.2, -0.15) is 0 Å². The summed E-state index contributed by atoms with van der Waals surface area (Å²) in [6.45, 7) is 0. The quantitative estimate of drug-likeness (QED) is 0.434. The fraction of sp³-hybridized carbons (Fsp3) is 0.111. The van der Waals surface area contributed by atoms with Crippen LogP contribution < -0.4 is 0 Å². The van der Waals surface area contributed by atoms with Gasteiger partial charge in [-0.15, -0.1) is 11.8 Å². The fourth-order valence-corrected chi connectivity index (χ4v) is 1.30. The number of benzene rings is 1. The maximum atomic E-state index is 6.92. The van der Waals surface area contributed by atoms with Gasteiger partial charge in [-0.25, -0.2) is 0 Å². The second-order valence-corrected chi connectivity index (χ2v) is 2.67. The lowest BCUT2D eigenvalue weighted by molar-refractivity contribution is 1.42. The molecule has 0 aliphatic heterocycles. The van der Waals surface area contributed by atoms with Gasteiger partial charge in [0.15, 0.2) is 0 Å². The zero-order valence-electron chi connectivity index (χ0n) is 5.72. The van der Waals surface area contributed by atoms with E-state index in [9.17, 15) is 0 Å². The van der Waals surface area contributed by atoms with Crippen LogP contribution in [-0.2, 0) is 0 Å². The lowest BCUT2D eigenvalue weighted by Gasteiger charge is -1.96. The van der Waals surface area contributed by atoms with E-state index < -0.39 is 0 Å². The van der Waals surface area contributed by atoms with Crippen molar-refractivity contribution < 1.29 is 0 Å². The first-order valence-corrected chi connectivity index (χ1v) is 4.16. The molecule has 0 aliphatic rings. The van der Waals surface area contributed by atoms with Crippen LogP contribution >= 0.6 is 11.8 Å². The average Bonchev–Trinajstić information content (AvgIpc) is 2.04. The molecule has 0 atom stereocenters. The van der Waals surface area contributed by atoms with Crippen molar-refractivity contribution in [3.05, 3.63) is 36.3 Å². The normalized spacial score (nSPS) is 8.80. The van der Waals surface area contributed by atoms with Crippen molar-refractivity contribution in [3.8, 4) is 5.92 Å². The van der Waals surface area contributed by atoms with Gasteiger partial charge in [0, 0.05) is 10.5 Å². The van der Waals surface area contributed by atoms with Crippen LogP contribution in [-0.4, -0.2) is 6.26 Å². The van der Waals surface area contributed by atoms with E-state index >= 15 is 0 Å². The van der Waals surface area contributed by atoms with Crippen LogP contribution in [0.5, 0.6) is 0 Å². The van der Waals surface area contributed by atoms with Crippen molar-refractivity contribution in [1.29, 1.82) is 0 Å². The Bertz CT molecular complexity index is 258. The molecule has 0 bridgehead atoms. The first kappa shape index (κ1) is 7.24. The van der Waals surface area contributed by atoms with Gasteiger partial charge in [-0.05, 0) is 24.8 Å². The molecule has 0 spiro atoms. The third kappa shape index (κ3) is 1.34. The lowest BCUT2D eigenvalue weighted by atomic mass is 10.2. The van der Waals surface area contributed by atoms with E-state index in [0.717, 1.165) is 10.5 Å². The Morgan fingerprint density at radius 1 is 1.40 bits per heavy atom. The lowest BCUT2D eigenvalue weighted by Crippen LogP contribution is -1.76. The van der Waals surface area contributed by atoms with Crippen LogP contribution in [0.4, 0.5) is 0 Å². The van der Waals surface area contributed by atoms with Crippen LogP contribution in [0.15, 0.2) is 29.2 Å². The maximum absolute atomic E-state index is 6.92. The minimum atomic E-state index is 0.870. The van der Waals surface area contributed by atoms with Crippen LogP contribution in [0.25, 0.3) is 0 Å². The van der Waals surface area contributed by atoms with Crippen molar-refractivity contribution in [2.45, 2.75) is 4.90 Å². The predicted molar refractivity (Wildman–Crippen MR) is 44.5 cm³/mol. The highest BCUT2D eigenvalue weighted by Crippen LogP contribution is 2.18. The summed E-state index contributed by atoms with van der Waals surface area (Å²) in [6, 6.07) is 7.75. The molecule has 10 heavy (non-hydrogen) atoms. The highest BCUT2D eigenvalue weighted by Gasteiger charge is 1.93. The maximum Gasteiger partial charge on any atom is 0.0391 e. The molecule has 1 aromatic rings. The van der Waals surface area contributed by atoms with Gasteiger partial charge in [-0.1, -0.05) is 18.1 Å². The van der Waals surface area contributed by atoms with Crippen molar-refractivity contribution in [1.82, 2.24) is 0 Å². The fourth-order valence-electron chi connectivity index (χ4n) is 0.748. The zero-order valence-corrected chi connectivity index (χ0v) is 6.53. The highest BCUT2D eigenvalue weighted by molar-refractivity contribution is 7.98. The summed E-state index contributed by atoms with van der Waals surface area (Å²) >= 11 is 1.64. The zero-order chi connectivity index (χ0) is 7.40. The van der Waals surface area contributed by atoms with Gasteiger partial charge >= 0.3 is 0 Å². The molecular weight excluding hydrogens is 140 g/mol. The molecule has 0 unspecified atom stereocenters. The van der Waals surface area contributed by atoms with Crippen LogP contribution in [0.2, 0.25) is 0 Å². The SMILES string of the molecule is [C]#Cc1ccccc1SC. The Hall–Kier alpha value is -0.870. The number of hydrogen-bond acceptors (Lipinski definition) is 1. The Kier molecular flexibility index (Phi) is 2.42. The first-order valence-electron chi connectivity index (χ1n) is 2.94. The molecule has 0 saturated carbocycles. The summed E-state index contributed by atoms with van der Waals surface area (Å²) in [5, 5.41) is 0. The molecule has 0 saturated heterocycles. The van der Waals surface area contributed by atoms with E-state index in [0.29, 0.717) is 0 Å². The van der Waals surface area contributed by atoms with Crippen molar-refractivity contribution >= 4 is 11.8 Å². The topological polar surface area (TPSA) is 0 Å². The Balaban J connectivity index is 3.12. The molecule has 0 aliphatic carbocycles. The first-order chi connectivity index (χ1) is 4.88. The largest absolute Gasteiger partial charge is 0.128 e. The summed E-state index contributed by atoms with van der Waals surface area (Å²) < 4.78 is 0. The molecule has 1 radical (unpaired) electrons. The second-order valence-electron chi connectivity index (χ2n) is 1.83. The molecule has 0 amide bonds. The van der Waals surface area contributed by atoms with Crippen LogP contribution in [0.3, 0.4) is 0 Å². The minimum Gasteiger partial charge on any atom is -0.128 e. The third-order valence-electron chi connectivity index (χ3n) is 1.24. The van der Waals surface area contributed by atoms with Crippen LogP contribution in [0.1, 0.15) is 5.56 Å². The monoisotopic (exact) mass is 147 g/mol. The van der Waals surface area contributed by atoms with Gasteiger partial charge in [-0.3, -0.25) is 0 Å². The van der Waals surface area contributed by atoms with Gasteiger partial charge < -0.3 is 0 Å². The summed E-state index contributed by atoms with van der Waals surface area (Å²) in [6.07, 6.45) is 8.92. The molecule has 0 heterocycles. The second kappa shape index (κ2) is 3.34. The van der Waals surface area contributed by atoms with Gasteiger partial charge in [0.25, 0.3) is 0 Å². The standard InChI is InChI=1S/C9H7S/c1-3-8-6-4-5-7-9(8)10-2/h4-7H,2H3. The number of rotatable bonds is 1. The summed E-state index contributed by atoms with van der Waals surface area (Å²) in [5.41, 5.74) is 0.870. The van der Waals surface area contributed by atoms with Crippen molar-refractivity contribution in [2.75, 3.05) is 6.26 Å². The molecular formula is C9H7S. The molecule has 1 heteroatoms. The average molecular weight is 147 g/mol. The summed E-state index contributed by atoms with van der Waals surface area (Å²) in [7, 11) is 0. The minimum absolute atomic E-state index is 0.870. The molecule has 1 rings (SSSR count). The summed E-state index contributed by atoms with van der Waals surface area (Å²) in [5.74, 6) is 2.38. The number of thioether (sulfide) groups is 1. The molecule has 0 N–H and O–H groups in total. The van der Waals surface area contributed by atoms with Gasteiger partial charge in [0.2, 0.25) is 0 Å². The Morgan fingerprint density at radius 2 is 2.10 bits per heavy atom. The van der Waals surface area contributed by atoms with E-state index in [1.165, 1.54) is 0 Å². The molecule has 0 fully saturated rings. The van der Waals surface area contributed by atoms with Crippen molar-refractivity contribution in [2.24, 2.45) is 0 Å². The molecule has 0 aromatic heterocycles. The van der Waals surface area contributed by atoms with E-state index in [1.54, 1.807) is 11.8 Å². The third-order valence-corrected chi connectivity index (χ3v) is 2.04. The predicted octanol–water partition coefficient (Wildman–Crippen LogP) is 2.35. The van der Waals surface area contributed by atoms with Gasteiger partial charge in [0.1, 0.15) is 0 Å². The van der Waals surface area contributed by atoms with Gasteiger partial charge in [0.05, 0.1) is 0 Å². The molecule has 1 aromatic carbocycles. The smallest absolute Gasteiger partial charge is 0.0391 e. The van der Waals surface area contributed by atoms with Crippen LogP contribution in [0, 0.1) is 12.3 Å². The highest BCUT2D eigenvalue weighted by atomic mass is 32.2. The Morgan fingerprint density at radius 3 is 2.60 bits per heavy atom. The molecule has 49 valence electrons. The number of hydrogen-bond donors (Lipinski definition) is 0. The molecule has 0 nitrogen and oxygen atoms in total. The van der Waals surface area contributed by atoms with E-state index in [-0.39, 0.29) is 0 Å². The van der Waals surface area contributed by atoms with E-state index in [2.05, 4.69) is 5.92 Å².